The molecule has 0 bridgehead atoms. The van der Waals surface area contributed by atoms with Crippen molar-refractivity contribution in [3.05, 3.63) is 65.7 Å². The highest BCUT2D eigenvalue weighted by Gasteiger charge is 2.11. The zero-order valence-corrected chi connectivity index (χ0v) is 13.0. The molecule has 0 aliphatic rings. The third-order valence-electron chi connectivity index (χ3n) is 2.92. The van der Waals surface area contributed by atoms with Crippen molar-refractivity contribution in [1.82, 2.24) is 0 Å². The lowest BCUT2D eigenvalue weighted by Gasteiger charge is -2.09. The first kappa shape index (κ1) is 15.5. The Balaban J connectivity index is 2.04. The zero-order chi connectivity index (χ0) is 15.3. The molecule has 0 unspecified atom stereocenters. The van der Waals surface area contributed by atoms with Crippen LogP contribution in [0, 0.1) is 0 Å². The molecule has 110 valence electrons. The lowest BCUT2D eigenvalue weighted by atomic mass is 10.2. The topological polar surface area (TPSA) is 72.2 Å². The first-order chi connectivity index (χ1) is 9.96. The largest absolute Gasteiger partial charge is 0.389 e. The molecule has 6 heteroatoms. The van der Waals surface area contributed by atoms with Gasteiger partial charge in [0.05, 0.1) is 5.75 Å². The maximum absolute atomic E-state index is 12.1. The van der Waals surface area contributed by atoms with E-state index < -0.39 is 10.0 Å². The van der Waals surface area contributed by atoms with Gasteiger partial charge in [-0.3, -0.25) is 4.72 Å². The van der Waals surface area contributed by atoms with Crippen LogP contribution in [-0.2, 0) is 16.4 Å². The number of nitrogens with one attached hydrogen (secondary N) is 1. The van der Waals surface area contributed by atoms with Crippen LogP contribution in [0.2, 0.25) is 0 Å². The molecule has 2 aromatic rings. The van der Waals surface area contributed by atoms with Gasteiger partial charge < -0.3 is 5.73 Å². The molecule has 0 fully saturated rings. The molecular formula is C15H16N2O2S2. The van der Waals surface area contributed by atoms with Gasteiger partial charge >= 0.3 is 0 Å². The molecule has 21 heavy (non-hydrogen) atoms. The Labute approximate surface area is 130 Å². The molecule has 0 aliphatic carbocycles. The van der Waals surface area contributed by atoms with E-state index in [2.05, 4.69) is 4.72 Å². The van der Waals surface area contributed by atoms with Crippen LogP contribution in [0.15, 0.2) is 54.6 Å². The predicted octanol–water partition coefficient (Wildman–Crippen LogP) is 2.31. The van der Waals surface area contributed by atoms with Crippen molar-refractivity contribution in [2.45, 2.75) is 6.42 Å². The molecule has 0 aromatic heterocycles. The van der Waals surface area contributed by atoms with Gasteiger partial charge in [0.2, 0.25) is 10.0 Å². The fourth-order valence-corrected chi connectivity index (χ4v) is 3.08. The van der Waals surface area contributed by atoms with Crippen molar-refractivity contribution < 1.29 is 8.42 Å². The quantitative estimate of drug-likeness (QED) is 0.801. The fraction of sp³-hybridized carbons (Fsp3) is 0.133. The van der Waals surface area contributed by atoms with Gasteiger partial charge in [-0.05, 0) is 24.1 Å². The van der Waals surface area contributed by atoms with E-state index in [1.807, 2.05) is 30.3 Å². The molecule has 0 saturated heterocycles. The van der Waals surface area contributed by atoms with Crippen LogP contribution >= 0.6 is 12.2 Å². The van der Waals surface area contributed by atoms with Gasteiger partial charge in [-0.1, -0.05) is 54.7 Å². The van der Waals surface area contributed by atoms with Crippen LogP contribution in [0.3, 0.4) is 0 Å². The highest BCUT2D eigenvalue weighted by atomic mass is 32.2. The summed E-state index contributed by atoms with van der Waals surface area (Å²) in [5.41, 5.74) is 7.62. The molecule has 0 atom stereocenters. The van der Waals surface area contributed by atoms with E-state index in [4.69, 9.17) is 18.0 Å². The van der Waals surface area contributed by atoms with Crippen molar-refractivity contribution in [1.29, 1.82) is 0 Å². The van der Waals surface area contributed by atoms with Gasteiger partial charge in [0.1, 0.15) is 4.99 Å². The van der Waals surface area contributed by atoms with E-state index >= 15 is 0 Å². The molecule has 0 saturated carbocycles. The number of thiocarbonyl (C=S) groups is 1. The summed E-state index contributed by atoms with van der Waals surface area (Å²) in [7, 11) is -3.41. The van der Waals surface area contributed by atoms with E-state index in [-0.39, 0.29) is 10.7 Å². The summed E-state index contributed by atoms with van der Waals surface area (Å²) in [5.74, 6) is 0.0221. The standard InChI is InChI=1S/C15H16N2O2S2/c16-15(20)13-7-4-8-14(11-13)17-21(18,19)10-9-12-5-2-1-3-6-12/h1-8,11,17H,9-10H2,(H2,16,20). The highest BCUT2D eigenvalue weighted by Crippen LogP contribution is 2.13. The van der Waals surface area contributed by atoms with E-state index in [0.717, 1.165) is 5.56 Å². The maximum atomic E-state index is 12.1. The van der Waals surface area contributed by atoms with E-state index in [1.165, 1.54) is 0 Å². The first-order valence-corrected chi connectivity index (χ1v) is 8.47. The SMILES string of the molecule is NC(=S)c1cccc(NS(=O)(=O)CCc2ccccc2)c1. The van der Waals surface area contributed by atoms with Crippen LogP contribution in [0.25, 0.3) is 0 Å². The summed E-state index contributed by atoms with van der Waals surface area (Å²) in [5, 5.41) is 0. The molecule has 4 nitrogen and oxygen atoms in total. The Kier molecular flexibility index (Phi) is 4.93. The third kappa shape index (κ3) is 4.84. The number of aryl methyl sites for hydroxylation is 1. The van der Waals surface area contributed by atoms with Gasteiger partial charge in [-0.15, -0.1) is 0 Å². The molecule has 0 aliphatic heterocycles. The van der Waals surface area contributed by atoms with Crippen molar-refractivity contribution >= 4 is 32.9 Å². The average molecular weight is 320 g/mol. The smallest absolute Gasteiger partial charge is 0.233 e. The van der Waals surface area contributed by atoms with Crippen LogP contribution in [0.4, 0.5) is 5.69 Å². The molecule has 3 N–H and O–H groups in total. The van der Waals surface area contributed by atoms with Crippen molar-refractivity contribution in [3.8, 4) is 0 Å². The van der Waals surface area contributed by atoms with Crippen LogP contribution < -0.4 is 10.5 Å². The summed E-state index contributed by atoms with van der Waals surface area (Å²) in [6.45, 7) is 0. The summed E-state index contributed by atoms with van der Waals surface area (Å²) in [6, 6.07) is 16.2. The Morgan fingerprint density at radius 1 is 1.10 bits per heavy atom. The highest BCUT2D eigenvalue weighted by molar-refractivity contribution is 7.92. The third-order valence-corrected chi connectivity index (χ3v) is 4.45. The molecule has 0 spiro atoms. The summed E-state index contributed by atoms with van der Waals surface area (Å²) in [6.07, 6.45) is 0.463. The lowest BCUT2D eigenvalue weighted by Crippen LogP contribution is -2.18. The van der Waals surface area contributed by atoms with Gasteiger partial charge in [-0.25, -0.2) is 8.42 Å². The predicted molar refractivity (Wildman–Crippen MR) is 89.9 cm³/mol. The number of anilines is 1. The monoisotopic (exact) mass is 320 g/mol. The minimum Gasteiger partial charge on any atom is -0.389 e. The van der Waals surface area contributed by atoms with E-state index in [0.29, 0.717) is 17.7 Å². The van der Waals surface area contributed by atoms with Crippen LogP contribution in [-0.4, -0.2) is 19.2 Å². The number of sulfonamides is 1. The van der Waals surface area contributed by atoms with Crippen molar-refractivity contribution in [2.24, 2.45) is 5.73 Å². The van der Waals surface area contributed by atoms with E-state index in [9.17, 15) is 8.42 Å². The van der Waals surface area contributed by atoms with Crippen LogP contribution in [0.1, 0.15) is 11.1 Å². The second-order valence-corrected chi connectivity index (χ2v) is 6.88. The van der Waals surface area contributed by atoms with Gasteiger partial charge in [0.25, 0.3) is 0 Å². The second-order valence-electron chi connectivity index (χ2n) is 4.60. The summed E-state index contributed by atoms with van der Waals surface area (Å²) < 4.78 is 26.7. The number of hydrogen-bond donors (Lipinski definition) is 2. The minimum atomic E-state index is -3.41. The Bertz CT molecular complexity index is 728. The summed E-state index contributed by atoms with van der Waals surface area (Å²) >= 11 is 4.88. The number of nitrogens with two attached hydrogens (primary N) is 1. The second kappa shape index (κ2) is 6.69. The normalized spacial score (nSPS) is 11.0. The summed E-state index contributed by atoms with van der Waals surface area (Å²) in [4.78, 5) is 0.236. The van der Waals surface area contributed by atoms with E-state index in [1.54, 1.807) is 24.3 Å². The Morgan fingerprint density at radius 2 is 1.81 bits per heavy atom. The van der Waals surface area contributed by atoms with Gasteiger partial charge in [-0.2, -0.15) is 0 Å². The maximum Gasteiger partial charge on any atom is 0.233 e. The number of benzene rings is 2. The molecular weight excluding hydrogens is 304 g/mol. The van der Waals surface area contributed by atoms with Gasteiger partial charge in [0.15, 0.2) is 0 Å². The van der Waals surface area contributed by atoms with Crippen molar-refractivity contribution in [2.75, 3.05) is 10.5 Å². The average Bonchev–Trinajstić information content (AvgIpc) is 2.46. The first-order valence-electron chi connectivity index (χ1n) is 6.40. The van der Waals surface area contributed by atoms with Crippen molar-refractivity contribution in [3.63, 3.8) is 0 Å². The molecule has 0 radical (unpaired) electrons. The zero-order valence-electron chi connectivity index (χ0n) is 11.3. The van der Waals surface area contributed by atoms with Crippen LogP contribution in [0.5, 0.6) is 0 Å². The Hall–Kier alpha value is -1.92. The lowest BCUT2D eigenvalue weighted by molar-refractivity contribution is 0.600. The molecule has 0 heterocycles. The minimum absolute atomic E-state index is 0.0221. The molecule has 2 aromatic carbocycles. The molecule has 2 rings (SSSR count). The number of hydrogen-bond acceptors (Lipinski definition) is 3. The number of rotatable bonds is 6. The molecule has 0 amide bonds. The van der Waals surface area contributed by atoms with Gasteiger partial charge in [0, 0.05) is 11.3 Å². The fourth-order valence-electron chi connectivity index (χ4n) is 1.86. The Morgan fingerprint density at radius 3 is 2.48 bits per heavy atom.